The minimum absolute atomic E-state index is 0. The number of alkyl halides is 1. The van der Waals surface area contributed by atoms with Gasteiger partial charge < -0.3 is 16.9 Å². The van der Waals surface area contributed by atoms with Crippen LogP contribution in [0, 0.1) is 12.3 Å². The number of unbranched alkanes of at least 4 members (excludes halogenated alkanes) is 18. The summed E-state index contributed by atoms with van der Waals surface area (Å²) in [5.41, 5.74) is 0. The lowest BCUT2D eigenvalue weighted by Gasteiger charge is -2.35. The molecule has 0 aromatic heterocycles. The first-order valence-corrected chi connectivity index (χ1v) is 15.1. The Labute approximate surface area is 217 Å². The smallest absolute Gasteiger partial charge is 0.141 e. The predicted molar refractivity (Wildman–Crippen MR) is 146 cm³/mol. The molecule has 3 heteroatoms. The van der Waals surface area contributed by atoms with Gasteiger partial charge >= 0.3 is 0 Å². The largest absolute Gasteiger partial charge is 1.00 e. The van der Waals surface area contributed by atoms with Crippen LogP contribution in [0.2, 0.25) is 0 Å². The summed E-state index contributed by atoms with van der Waals surface area (Å²) in [5, 5.41) is 0. The van der Waals surface area contributed by atoms with E-state index in [-0.39, 0.29) is 12.4 Å². The molecule has 0 rings (SSSR count). The minimum atomic E-state index is 0. The van der Waals surface area contributed by atoms with Crippen LogP contribution in [-0.4, -0.2) is 28.7 Å². The summed E-state index contributed by atoms with van der Waals surface area (Å²) in [6.07, 6.45) is 34.1. The Morgan fingerprint density at radius 3 is 1.10 bits per heavy atom. The highest BCUT2D eigenvalue weighted by molar-refractivity contribution is 14.1. The number of hydrogen-bond acceptors (Lipinski definition) is 0. The molecule has 0 spiro atoms. The zero-order chi connectivity index (χ0) is 22.2. The monoisotopic (exact) mass is 567 g/mol. The van der Waals surface area contributed by atoms with E-state index in [0.29, 0.717) is 0 Å². The molecule has 0 fully saturated rings. The molecule has 0 saturated carbocycles. The lowest BCUT2D eigenvalue weighted by atomic mass is 10.1. The minimum Gasteiger partial charge on any atom is -1.00 e. The first-order valence-electron chi connectivity index (χ1n) is 13.6. The van der Waals surface area contributed by atoms with Crippen molar-refractivity contribution in [3.63, 3.8) is 0 Å². The number of rotatable bonds is 24. The molecular weight excluding hydrogens is 513 g/mol. The van der Waals surface area contributed by atoms with Crippen molar-refractivity contribution in [3.8, 4) is 12.3 Å². The van der Waals surface area contributed by atoms with Gasteiger partial charge in [0.15, 0.2) is 0 Å². The quantitative estimate of drug-likeness (QED) is 0.0305. The number of terminal acetylenes is 1. The predicted octanol–water partition coefficient (Wildman–Crippen LogP) is 6.67. The molecule has 0 radical (unpaired) electrons. The van der Waals surface area contributed by atoms with E-state index in [9.17, 15) is 0 Å². The highest BCUT2D eigenvalue weighted by atomic mass is 127. The Morgan fingerprint density at radius 2 is 0.839 bits per heavy atom. The standard InChI is InChI=1S/C28H55IN.ClH/c1-4-7-9-11-13-15-17-19-21-23-26-30(28-29,25-6-3)27-24-22-20-18-16-14-12-10-8-5-2;/h3H,4-5,7-28H2,1-2H3;1H/q+1;/p-1. The Hall–Kier alpha value is 0.540. The Morgan fingerprint density at radius 1 is 0.548 bits per heavy atom. The summed E-state index contributed by atoms with van der Waals surface area (Å²) >= 11 is 2.58. The second kappa shape index (κ2) is 26.8. The fourth-order valence-corrected chi connectivity index (χ4v) is 5.42. The molecule has 0 heterocycles. The van der Waals surface area contributed by atoms with Crippen LogP contribution in [0.25, 0.3) is 0 Å². The molecule has 0 aliphatic heterocycles. The zero-order valence-electron chi connectivity index (χ0n) is 21.3. The highest BCUT2D eigenvalue weighted by Gasteiger charge is 2.23. The van der Waals surface area contributed by atoms with E-state index in [0.717, 1.165) is 11.0 Å². The van der Waals surface area contributed by atoms with Crippen molar-refractivity contribution >= 4 is 22.6 Å². The Kier molecular flexibility index (Phi) is 29.1. The number of nitrogens with zero attached hydrogens (tertiary/aromatic N) is 1. The summed E-state index contributed by atoms with van der Waals surface area (Å²) in [7, 11) is 0. The van der Waals surface area contributed by atoms with Crippen molar-refractivity contribution < 1.29 is 16.9 Å². The second-order valence-electron chi connectivity index (χ2n) is 9.63. The average molecular weight is 568 g/mol. The molecule has 0 saturated heterocycles. The SMILES string of the molecule is C#CC[N+](CI)(CCCCCCCCCCCC)CCCCCCCCCCCC.[Cl-]. The van der Waals surface area contributed by atoms with Gasteiger partial charge in [-0.2, -0.15) is 0 Å². The number of hydrogen-bond donors (Lipinski definition) is 0. The lowest BCUT2D eigenvalue weighted by Crippen LogP contribution is -3.00. The van der Waals surface area contributed by atoms with Crippen LogP contribution < -0.4 is 12.4 Å². The molecule has 0 unspecified atom stereocenters. The first-order chi connectivity index (χ1) is 14.7. The van der Waals surface area contributed by atoms with Crippen molar-refractivity contribution in [2.45, 2.75) is 142 Å². The van der Waals surface area contributed by atoms with E-state index in [4.69, 9.17) is 6.42 Å². The summed E-state index contributed by atoms with van der Waals surface area (Å²) in [6, 6.07) is 0. The average Bonchev–Trinajstić information content (AvgIpc) is 2.76. The molecule has 0 aromatic rings. The van der Waals surface area contributed by atoms with Gasteiger partial charge in [0.05, 0.1) is 13.1 Å². The fourth-order valence-electron chi connectivity index (χ4n) is 4.49. The lowest BCUT2D eigenvalue weighted by molar-refractivity contribution is -0.906. The van der Waals surface area contributed by atoms with Crippen LogP contribution in [0.1, 0.15) is 142 Å². The maximum Gasteiger partial charge on any atom is 0.141 e. The first kappa shape index (κ1) is 33.7. The molecule has 31 heavy (non-hydrogen) atoms. The van der Waals surface area contributed by atoms with E-state index in [2.05, 4.69) is 42.4 Å². The molecule has 1 nitrogen and oxygen atoms in total. The van der Waals surface area contributed by atoms with Crippen LogP contribution >= 0.6 is 22.6 Å². The molecule has 0 N–H and O–H groups in total. The van der Waals surface area contributed by atoms with Gasteiger partial charge in [-0.3, -0.25) is 0 Å². The van der Waals surface area contributed by atoms with Crippen LogP contribution in [-0.2, 0) is 0 Å². The van der Waals surface area contributed by atoms with Crippen molar-refractivity contribution in [1.29, 1.82) is 0 Å². The fraction of sp³-hybridized carbons (Fsp3) is 0.929. The van der Waals surface area contributed by atoms with Crippen molar-refractivity contribution in [3.05, 3.63) is 0 Å². The normalized spacial score (nSPS) is 11.3. The zero-order valence-corrected chi connectivity index (χ0v) is 24.2. The molecule has 0 amide bonds. The molecule has 0 aliphatic carbocycles. The topological polar surface area (TPSA) is 0 Å². The third-order valence-corrected chi connectivity index (χ3v) is 8.10. The van der Waals surface area contributed by atoms with Crippen LogP contribution in [0.15, 0.2) is 0 Å². The molecular formula is C28H55ClIN. The molecule has 0 aromatic carbocycles. The second-order valence-corrected chi connectivity index (χ2v) is 10.3. The van der Waals surface area contributed by atoms with Crippen molar-refractivity contribution in [1.82, 2.24) is 0 Å². The summed E-state index contributed by atoms with van der Waals surface area (Å²) in [6.45, 7) is 8.11. The van der Waals surface area contributed by atoms with E-state index < -0.39 is 0 Å². The van der Waals surface area contributed by atoms with Crippen LogP contribution in [0.5, 0.6) is 0 Å². The summed E-state index contributed by atoms with van der Waals surface area (Å²) in [5.74, 6) is 3.00. The van der Waals surface area contributed by atoms with Gasteiger partial charge in [-0.25, -0.2) is 0 Å². The van der Waals surface area contributed by atoms with E-state index >= 15 is 0 Å². The maximum atomic E-state index is 5.76. The Balaban J connectivity index is 0. The molecule has 0 aliphatic rings. The van der Waals surface area contributed by atoms with Gasteiger partial charge in [0.25, 0.3) is 0 Å². The molecule has 0 bridgehead atoms. The summed E-state index contributed by atoms with van der Waals surface area (Å²) in [4.78, 5) is 0. The summed E-state index contributed by atoms with van der Waals surface area (Å²) < 4.78 is 2.34. The van der Waals surface area contributed by atoms with Crippen molar-refractivity contribution in [2.24, 2.45) is 0 Å². The van der Waals surface area contributed by atoms with Gasteiger partial charge in [0.2, 0.25) is 0 Å². The van der Waals surface area contributed by atoms with Gasteiger partial charge in [0.1, 0.15) is 11.1 Å². The van der Waals surface area contributed by atoms with Crippen LogP contribution in [0.4, 0.5) is 0 Å². The van der Waals surface area contributed by atoms with E-state index in [1.165, 1.54) is 146 Å². The van der Waals surface area contributed by atoms with Gasteiger partial charge in [0, 0.05) is 0 Å². The van der Waals surface area contributed by atoms with Crippen LogP contribution in [0.3, 0.4) is 0 Å². The third-order valence-electron chi connectivity index (χ3n) is 6.65. The van der Waals surface area contributed by atoms with Gasteiger partial charge in [-0.1, -0.05) is 117 Å². The van der Waals surface area contributed by atoms with E-state index in [1.54, 1.807) is 0 Å². The molecule has 186 valence electrons. The van der Waals surface area contributed by atoms with Gasteiger partial charge in [-0.05, 0) is 54.2 Å². The number of halogens is 2. The number of quaternary nitrogens is 1. The highest BCUT2D eigenvalue weighted by Crippen LogP contribution is 2.18. The molecule has 0 atom stereocenters. The van der Waals surface area contributed by atoms with E-state index in [1.807, 2.05) is 0 Å². The van der Waals surface area contributed by atoms with Gasteiger partial charge in [-0.15, -0.1) is 6.42 Å². The maximum absolute atomic E-state index is 5.76. The van der Waals surface area contributed by atoms with Crippen molar-refractivity contribution in [2.75, 3.05) is 24.2 Å². The third kappa shape index (κ3) is 22.1. The Bertz CT molecular complexity index is 356.